The van der Waals surface area contributed by atoms with Gasteiger partial charge >= 0.3 is 0 Å². The zero-order valence-corrected chi connectivity index (χ0v) is 12.2. The van der Waals surface area contributed by atoms with E-state index in [2.05, 4.69) is 0 Å². The molecule has 19 heavy (non-hydrogen) atoms. The van der Waals surface area contributed by atoms with Crippen molar-refractivity contribution in [2.45, 2.75) is 36.7 Å². The van der Waals surface area contributed by atoms with Crippen molar-refractivity contribution >= 4 is 27.1 Å². The number of nitrogens with two attached hydrogens (primary N) is 1. The van der Waals surface area contributed by atoms with E-state index in [1.807, 2.05) is 0 Å². The highest BCUT2D eigenvalue weighted by Gasteiger charge is 2.19. The summed E-state index contributed by atoms with van der Waals surface area (Å²) >= 11 is 5.85. The summed E-state index contributed by atoms with van der Waals surface area (Å²) in [7, 11) is -3.29. The highest BCUT2D eigenvalue weighted by atomic mass is 35.5. The summed E-state index contributed by atoms with van der Waals surface area (Å²) in [6.07, 6.45) is 3.74. The maximum atomic E-state index is 12.1. The third-order valence-corrected chi connectivity index (χ3v) is 5.42. The van der Waals surface area contributed by atoms with E-state index >= 15 is 0 Å². The van der Waals surface area contributed by atoms with E-state index in [0.717, 1.165) is 25.9 Å². The van der Waals surface area contributed by atoms with Crippen LogP contribution in [0.5, 0.6) is 0 Å². The molecule has 1 aliphatic heterocycles. The first-order chi connectivity index (χ1) is 8.99. The fourth-order valence-corrected chi connectivity index (χ4v) is 3.79. The van der Waals surface area contributed by atoms with Gasteiger partial charge in [-0.25, -0.2) is 8.42 Å². The highest BCUT2D eigenvalue weighted by molar-refractivity contribution is 7.91. The molecule has 2 rings (SSSR count). The van der Waals surface area contributed by atoms with E-state index in [-0.39, 0.29) is 21.8 Å². The molecule has 6 heteroatoms. The quantitative estimate of drug-likeness (QED) is 0.849. The third-order valence-electron chi connectivity index (χ3n) is 3.29. The maximum Gasteiger partial charge on any atom is 0.178 e. The number of halogens is 1. The molecule has 1 saturated heterocycles. The van der Waals surface area contributed by atoms with E-state index in [9.17, 15) is 8.42 Å². The van der Waals surface area contributed by atoms with Gasteiger partial charge in [0.1, 0.15) is 0 Å². The van der Waals surface area contributed by atoms with E-state index < -0.39 is 9.84 Å². The number of anilines is 1. The molecule has 0 spiro atoms. The van der Waals surface area contributed by atoms with Crippen LogP contribution in [-0.2, 0) is 14.6 Å². The van der Waals surface area contributed by atoms with E-state index in [0.29, 0.717) is 12.1 Å². The van der Waals surface area contributed by atoms with Gasteiger partial charge in [-0.05, 0) is 43.9 Å². The molecular formula is C13H18ClNO3S. The average Bonchev–Trinajstić information content (AvgIpc) is 2.85. The number of hydrogen-bond acceptors (Lipinski definition) is 4. The molecule has 1 heterocycles. The van der Waals surface area contributed by atoms with Crippen LogP contribution in [-0.4, -0.2) is 26.9 Å². The van der Waals surface area contributed by atoms with Crippen molar-refractivity contribution < 1.29 is 13.2 Å². The van der Waals surface area contributed by atoms with Gasteiger partial charge in [0.05, 0.1) is 27.5 Å². The van der Waals surface area contributed by atoms with Gasteiger partial charge in [0.15, 0.2) is 9.84 Å². The fourth-order valence-electron chi connectivity index (χ4n) is 2.19. The second-order valence-electron chi connectivity index (χ2n) is 4.78. The van der Waals surface area contributed by atoms with Gasteiger partial charge in [0, 0.05) is 6.61 Å². The molecule has 1 aliphatic rings. The lowest BCUT2D eigenvalue weighted by Gasteiger charge is -2.09. The predicted molar refractivity (Wildman–Crippen MR) is 76.1 cm³/mol. The van der Waals surface area contributed by atoms with Crippen molar-refractivity contribution in [1.29, 1.82) is 0 Å². The highest BCUT2D eigenvalue weighted by Crippen LogP contribution is 2.24. The summed E-state index contributed by atoms with van der Waals surface area (Å²) in [5, 5.41) is 0.278. The van der Waals surface area contributed by atoms with Crippen LogP contribution in [0.3, 0.4) is 0 Å². The van der Waals surface area contributed by atoms with Crippen LogP contribution in [0.25, 0.3) is 0 Å². The molecule has 1 fully saturated rings. The molecule has 2 N–H and O–H groups in total. The first-order valence-corrected chi connectivity index (χ1v) is 8.41. The Morgan fingerprint density at radius 3 is 2.84 bits per heavy atom. The van der Waals surface area contributed by atoms with Gasteiger partial charge in [-0.2, -0.15) is 0 Å². The summed E-state index contributed by atoms with van der Waals surface area (Å²) in [4.78, 5) is 0.235. The Morgan fingerprint density at radius 1 is 1.42 bits per heavy atom. The summed E-state index contributed by atoms with van der Waals surface area (Å²) in [5.41, 5.74) is 5.96. The molecular weight excluding hydrogens is 286 g/mol. The van der Waals surface area contributed by atoms with Gasteiger partial charge in [-0.3, -0.25) is 0 Å². The number of rotatable bonds is 5. The molecule has 1 aromatic carbocycles. The summed E-state index contributed by atoms with van der Waals surface area (Å²) in [5.74, 6) is 0.118. The van der Waals surface area contributed by atoms with Crippen LogP contribution in [0.15, 0.2) is 23.1 Å². The van der Waals surface area contributed by atoms with E-state index in [1.54, 1.807) is 0 Å². The smallest absolute Gasteiger partial charge is 0.178 e. The minimum Gasteiger partial charge on any atom is -0.398 e. The molecule has 0 amide bonds. The van der Waals surface area contributed by atoms with Gasteiger partial charge in [0.25, 0.3) is 0 Å². The van der Waals surface area contributed by atoms with Crippen molar-refractivity contribution in [2.24, 2.45) is 0 Å². The Morgan fingerprint density at radius 2 is 2.21 bits per heavy atom. The summed E-state index contributed by atoms with van der Waals surface area (Å²) in [6, 6.07) is 4.44. The van der Waals surface area contributed by atoms with Crippen LogP contribution >= 0.6 is 11.6 Å². The lowest BCUT2D eigenvalue weighted by atomic mass is 10.1. The number of sulfone groups is 1. The second kappa shape index (κ2) is 6.11. The van der Waals surface area contributed by atoms with Gasteiger partial charge in [-0.1, -0.05) is 11.6 Å². The largest absolute Gasteiger partial charge is 0.398 e. The van der Waals surface area contributed by atoms with Crippen molar-refractivity contribution in [3.63, 3.8) is 0 Å². The van der Waals surface area contributed by atoms with Crippen molar-refractivity contribution in [3.8, 4) is 0 Å². The monoisotopic (exact) mass is 303 g/mol. The van der Waals surface area contributed by atoms with Crippen molar-refractivity contribution in [1.82, 2.24) is 0 Å². The predicted octanol–water partition coefficient (Wildman–Crippen LogP) is 2.66. The van der Waals surface area contributed by atoms with E-state index in [1.165, 1.54) is 18.2 Å². The van der Waals surface area contributed by atoms with Crippen molar-refractivity contribution in [3.05, 3.63) is 23.2 Å². The molecule has 0 bridgehead atoms. The molecule has 1 aromatic rings. The number of hydrogen-bond donors (Lipinski definition) is 1. The normalized spacial score (nSPS) is 19.7. The van der Waals surface area contributed by atoms with Crippen LogP contribution in [0, 0.1) is 0 Å². The Labute approximate surface area is 118 Å². The molecule has 0 radical (unpaired) electrons. The maximum absolute atomic E-state index is 12.1. The molecule has 106 valence electrons. The third kappa shape index (κ3) is 3.84. The van der Waals surface area contributed by atoms with Crippen LogP contribution in [0.1, 0.15) is 25.7 Å². The Balaban J connectivity index is 1.95. The zero-order valence-electron chi connectivity index (χ0n) is 10.6. The number of benzene rings is 1. The minimum atomic E-state index is -3.29. The van der Waals surface area contributed by atoms with Gasteiger partial charge in [-0.15, -0.1) is 0 Å². The standard InChI is InChI=1S/C13H18ClNO3S/c14-12-9-11(5-6-13(12)15)19(16,17)8-2-4-10-3-1-7-18-10/h5-6,9-10H,1-4,7-8,15H2. The van der Waals surface area contributed by atoms with Gasteiger partial charge < -0.3 is 10.5 Å². The first kappa shape index (κ1) is 14.6. The molecule has 1 unspecified atom stereocenters. The molecule has 0 aliphatic carbocycles. The molecule has 0 aromatic heterocycles. The van der Waals surface area contributed by atoms with Crippen LogP contribution in [0.4, 0.5) is 5.69 Å². The SMILES string of the molecule is Nc1ccc(S(=O)(=O)CCCC2CCCO2)cc1Cl. The van der Waals surface area contributed by atoms with Gasteiger partial charge in [0.2, 0.25) is 0 Å². The van der Waals surface area contributed by atoms with Crippen LogP contribution < -0.4 is 5.73 Å². The van der Waals surface area contributed by atoms with Crippen molar-refractivity contribution in [2.75, 3.05) is 18.1 Å². The Bertz CT molecular complexity index is 539. The second-order valence-corrected chi connectivity index (χ2v) is 7.30. The Kier molecular flexibility index (Phi) is 4.71. The molecule has 0 saturated carbocycles. The van der Waals surface area contributed by atoms with E-state index in [4.69, 9.17) is 22.1 Å². The summed E-state index contributed by atoms with van der Waals surface area (Å²) in [6.45, 7) is 0.797. The topological polar surface area (TPSA) is 69.4 Å². The molecule has 1 atom stereocenters. The Hall–Kier alpha value is -0.780. The average molecular weight is 304 g/mol. The number of nitrogen functional groups attached to an aromatic ring is 1. The first-order valence-electron chi connectivity index (χ1n) is 6.38. The summed E-state index contributed by atoms with van der Waals surface area (Å²) < 4.78 is 29.7. The fraction of sp³-hybridized carbons (Fsp3) is 0.538. The van der Waals surface area contributed by atoms with Crippen LogP contribution in [0.2, 0.25) is 5.02 Å². The minimum absolute atomic E-state index is 0.118. The number of ether oxygens (including phenoxy) is 1. The lowest BCUT2D eigenvalue weighted by Crippen LogP contribution is -2.11. The lowest BCUT2D eigenvalue weighted by molar-refractivity contribution is 0.104. The zero-order chi connectivity index (χ0) is 13.9. The molecule has 4 nitrogen and oxygen atoms in total.